The standard InChI is InChI=1S/C17H17NO4/c19-15-14-13(16(20)21)12-6-8-17(14,22-12)10-18(15)9-7-11-4-2-1-3-5-11/h1-6,8,12-14H,7,9-10H2,(H,20,21)/t12-,13-,14+,17-/m1/s1. The number of benzene rings is 1. The first-order valence-electron chi connectivity index (χ1n) is 7.53. The summed E-state index contributed by atoms with van der Waals surface area (Å²) in [6, 6.07) is 9.97. The van der Waals surface area contributed by atoms with Gasteiger partial charge in [0.1, 0.15) is 11.5 Å². The maximum Gasteiger partial charge on any atom is 0.310 e. The zero-order valence-corrected chi connectivity index (χ0v) is 12.0. The van der Waals surface area contributed by atoms with E-state index >= 15 is 0 Å². The molecule has 0 aromatic heterocycles. The summed E-state index contributed by atoms with van der Waals surface area (Å²) in [5.74, 6) is -2.36. The van der Waals surface area contributed by atoms with Gasteiger partial charge in [-0.2, -0.15) is 0 Å². The normalized spacial score (nSPS) is 35.2. The Morgan fingerprint density at radius 1 is 1.36 bits per heavy atom. The highest BCUT2D eigenvalue weighted by Crippen LogP contribution is 2.51. The molecule has 1 aromatic rings. The number of ether oxygens (including phenoxy) is 1. The van der Waals surface area contributed by atoms with Gasteiger partial charge in [-0.3, -0.25) is 9.59 Å². The number of rotatable bonds is 4. The second-order valence-corrected chi connectivity index (χ2v) is 6.23. The lowest BCUT2D eigenvalue weighted by atomic mass is 9.77. The number of nitrogens with zero attached hydrogens (tertiary/aromatic N) is 1. The first-order valence-corrected chi connectivity index (χ1v) is 7.53. The summed E-state index contributed by atoms with van der Waals surface area (Å²) < 4.78 is 5.86. The topological polar surface area (TPSA) is 66.8 Å². The van der Waals surface area contributed by atoms with Gasteiger partial charge < -0.3 is 14.7 Å². The zero-order chi connectivity index (χ0) is 15.3. The van der Waals surface area contributed by atoms with E-state index in [2.05, 4.69) is 0 Å². The molecule has 5 heteroatoms. The van der Waals surface area contributed by atoms with Crippen LogP contribution in [0.15, 0.2) is 42.5 Å². The molecule has 1 spiro atoms. The summed E-state index contributed by atoms with van der Waals surface area (Å²) in [4.78, 5) is 25.9. The Morgan fingerprint density at radius 3 is 2.86 bits per heavy atom. The Balaban J connectivity index is 1.53. The third kappa shape index (κ3) is 1.82. The monoisotopic (exact) mass is 299 g/mol. The summed E-state index contributed by atoms with van der Waals surface area (Å²) in [5, 5.41) is 9.41. The first kappa shape index (κ1) is 13.5. The van der Waals surface area contributed by atoms with Crippen LogP contribution in [0, 0.1) is 11.8 Å². The van der Waals surface area contributed by atoms with Crippen LogP contribution in [0.3, 0.4) is 0 Å². The largest absolute Gasteiger partial charge is 0.481 e. The molecule has 3 aliphatic heterocycles. The second kappa shape index (κ2) is 4.68. The maximum atomic E-state index is 12.7. The highest BCUT2D eigenvalue weighted by molar-refractivity contribution is 5.90. The van der Waals surface area contributed by atoms with Crippen LogP contribution < -0.4 is 0 Å². The molecule has 1 amide bonds. The van der Waals surface area contributed by atoms with Crippen LogP contribution in [0.5, 0.6) is 0 Å². The molecule has 22 heavy (non-hydrogen) atoms. The van der Waals surface area contributed by atoms with Gasteiger partial charge in [-0.05, 0) is 12.0 Å². The maximum absolute atomic E-state index is 12.7. The van der Waals surface area contributed by atoms with Crippen molar-refractivity contribution in [2.24, 2.45) is 11.8 Å². The fourth-order valence-corrected chi connectivity index (χ4v) is 3.96. The SMILES string of the molecule is O=C(O)[C@H]1[C@H]2C(=O)N(CCc3ccccc3)C[C@]23C=C[C@H]1O3. The van der Waals surface area contributed by atoms with Crippen molar-refractivity contribution in [3.8, 4) is 0 Å². The number of hydrogen-bond acceptors (Lipinski definition) is 3. The summed E-state index contributed by atoms with van der Waals surface area (Å²) >= 11 is 0. The van der Waals surface area contributed by atoms with Crippen LogP contribution in [-0.4, -0.2) is 46.7 Å². The average molecular weight is 299 g/mol. The number of aliphatic carboxylic acids is 1. The number of hydrogen-bond donors (Lipinski definition) is 1. The molecule has 3 heterocycles. The van der Waals surface area contributed by atoms with E-state index in [9.17, 15) is 14.7 Å². The van der Waals surface area contributed by atoms with Gasteiger partial charge in [-0.15, -0.1) is 0 Å². The van der Waals surface area contributed by atoms with E-state index in [-0.39, 0.29) is 5.91 Å². The molecule has 0 aliphatic carbocycles. The first-order chi connectivity index (χ1) is 10.6. The summed E-state index contributed by atoms with van der Waals surface area (Å²) in [5.41, 5.74) is 0.446. The molecule has 0 unspecified atom stereocenters. The molecule has 2 fully saturated rings. The molecule has 5 nitrogen and oxygen atoms in total. The minimum Gasteiger partial charge on any atom is -0.481 e. The predicted octanol–water partition coefficient (Wildman–Crippen LogP) is 1.10. The molecule has 0 radical (unpaired) electrons. The highest BCUT2D eigenvalue weighted by Gasteiger charge is 2.66. The summed E-state index contributed by atoms with van der Waals surface area (Å²) in [7, 11) is 0. The van der Waals surface area contributed by atoms with Gasteiger partial charge in [0.2, 0.25) is 5.91 Å². The third-order valence-corrected chi connectivity index (χ3v) is 4.98. The molecule has 4 rings (SSSR count). The van der Waals surface area contributed by atoms with Crippen LogP contribution in [0.25, 0.3) is 0 Å². The molecule has 2 saturated heterocycles. The molecular weight excluding hydrogens is 282 g/mol. The number of carboxylic acids is 1. The van der Waals surface area contributed by atoms with Crippen molar-refractivity contribution in [3.05, 3.63) is 48.0 Å². The van der Waals surface area contributed by atoms with E-state index < -0.39 is 29.5 Å². The number of carbonyl (C=O) groups excluding carboxylic acids is 1. The van der Waals surface area contributed by atoms with Crippen molar-refractivity contribution in [2.45, 2.75) is 18.1 Å². The van der Waals surface area contributed by atoms with Gasteiger partial charge in [-0.1, -0.05) is 42.5 Å². The Bertz CT molecular complexity index is 656. The van der Waals surface area contributed by atoms with E-state index in [0.29, 0.717) is 13.1 Å². The van der Waals surface area contributed by atoms with Crippen LogP contribution in [0.1, 0.15) is 5.56 Å². The number of carbonyl (C=O) groups is 2. The predicted molar refractivity (Wildman–Crippen MR) is 78.1 cm³/mol. The smallest absolute Gasteiger partial charge is 0.310 e. The molecule has 0 saturated carbocycles. The van der Waals surface area contributed by atoms with Crippen molar-refractivity contribution in [1.82, 2.24) is 4.90 Å². The molecule has 3 aliphatic rings. The van der Waals surface area contributed by atoms with Crippen LogP contribution in [0.4, 0.5) is 0 Å². The second-order valence-electron chi connectivity index (χ2n) is 6.23. The van der Waals surface area contributed by atoms with Gasteiger partial charge in [0.05, 0.1) is 18.6 Å². The Labute approximate surface area is 128 Å². The minimum atomic E-state index is -0.945. The van der Waals surface area contributed by atoms with Gasteiger partial charge in [-0.25, -0.2) is 0 Å². The molecule has 2 bridgehead atoms. The van der Waals surface area contributed by atoms with Crippen molar-refractivity contribution >= 4 is 11.9 Å². The lowest BCUT2D eigenvalue weighted by molar-refractivity contribution is -0.148. The van der Waals surface area contributed by atoms with E-state index in [1.54, 1.807) is 11.0 Å². The van der Waals surface area contributed by atoms with Gasteiger partial charge in [0.15, 0.2) is 0 Å². The molecular formula is C17H17NO4. The van der Waals surface area contributed by atoms with Gasteiger partial charge in [0, 0.05) is 6.54 Å². The van der Waals surface area contributed by atoms with Crippen molar-refractivity contribution in [3.63, 3.8) is 0 Å². The Kier molecular flexibility index (Phi) is 2.87. The molecule has 1 aromatic carbocycles. The van der Waals surface area contributed by atoms with Crippen molar-refractivity contribution in [1.29, 1.82) is 0 Å². The lowest BCUT2D eigenvalue weighted by Gasteiger charge is -2.21. The van der Waals surface area contributed by atoms with Crippen LogP contribution in [0.2, 0.25) is 0 Å². The van der Waals surface area contributed by atoms with E-state index in [0.717, 1.165) is 6.42 Å². The van der Waals surface area contributed by atoms with Crippen molar-refractivity contribution < 1.29 is 19.4 Å². The Hall–Kier alpha value is -2.14. The van der Waals surface area contributed by atoms with Crippen molar-refractivity contribution in [2.75, 3.05) is 13.1 Å². The fourth-order valence-electron chi connectivity index (χ4n) is 3.96. The number of amides is 1. The summed E-state index contributed by atoms with van der Waals surface area (Å²) in [6.07, 6.45) is 3.99. The number of likely N-dealkylation sites (tertiary alicyclic amines) is 1. The number of fused-ring (bicyclic) bond motifs is 1. The minimum absolute atomic E-state index is 0.0878. The van der Waals surface area contributed by atoms with E-state index in [1.165, 1.54) is 5.56 Å². The van der Waals surface area contributed by atoms with Gasteiger partial charge in [0.25, 0.3) is 0 Å². The molecule has 1 N–H and O–H groups in total. The van der Waals surface area contributed by atoms with Crippen LogP contribution >= 0.6 is 0 Å². The average Bonchev–Trinajstić information content (AvgIpc) is 3.14. The van der Waals surface area contributed by atoms with Gasteiger partial charge >= 0.3 is 5.97 Å². The number of carboxylic acid groups (broad SMARTS) is 1. The van der Waals surface area contributed by atoms with E-state index in [4.69, 9.17) is 4.74 Å². The lowest BCUT2D eigenvalue weighted by Crippen LogP contribution is -2.39. The molecule has 4 atom stereocenters. The Morgan fingerprint density at radius 2 is 2.14 bits per heavy atom. The fraction of sp³-hybridized carbons (Fsp3) is 0.412. The van der Waals surface area contributed by atoms with E-state index in [1.807, 2.05) is 36.4 Å². The molecule has 114 valence electrons. The highest BCUT2D eigenvalue weighted by atomic mass is 16.5. The summed E-state index contributed by atoms with van der Waals surface area (Å²) in [6.45, 7) is 1.05. The zero-order valence-electron chi connectivity index (χ0n) is 12.0. The quantitative estimate of drug-likeness (QED) is 0.845. The third-order valence-electron chi connectivity index (χ3n) is 4.98. The van der Waals surface area contributed by atoms with Crippen LogP contribution in [-0.2, 0) is 20.7 Å².